The van der Waals surface area contributed by atoms with Crippen LogP contribution < -0.4 is 0 Å². The van der Waals surface area contributed by atoms with Gasteiger partial charge in [-0.15, -0.1) is 0 Å². The minimum atomic E-state index is -0.903. The van der Waals surface area contributed by atoms with Gasteiger partial charge in [0.05, 0.1) is 6.61 Å². The molecule has 0 radical (unpaired) electrons. The molecule has 2 N–H and O–H groups in total. The predicted octanol–water partition coefficient (Wildman–Crippen LogP) is 0.198. The molecule has 0 spiro atoms. The maximum absolute atomic E-state index is 9.27. The normalized spacial score (nSPS) is 29.9. The number of ether oxygens (including phenoxy) is 1. The van der Waals surface area contributed by atoms with Gasteiger partial charge in [0.15, 0.2) is 0 Å². The number of aliphatic hydroxyl groups is 2. The molecule has 0 aromatic heterocycles. The summed E-state index contributed by atoms with van der Waals surface area (Å²) in [6.07, 6.45) is 3.11. The van der Waals surface area contributed by atoms with Crippen LogP contribution in [0.15, 0.2) is 24.0 Å². The van der Waals surface area contributed by atoms with Crippen molar-refractivity contribution >= 4 is 0 Å². The van der Waals surface area contributed by atoms with Crippen LogP contribution in [-0.4, -0.2) is 29.0 Å². The fourth-order valence-corrected chi connectivity index (χ4v) is 0.937. The zero-order chi connectivity index (χ0) is 8.27. The van der Waals surface area contributed by atoms with E-state index < -0.39 is 12.2 Å². The molecule has 0 saturated heterocycles. The second-order valence-corrected chi connectivity index (χ2v) is 2.32. The highest BCUT2D eigenvalue weighted by molar-refractivity contribution is 5.21. The maximum atomic E-state index is 9.27. The lowest BCUT2D eigenvalue weighted by Gasteiger charge is -2.20. The Morgan fingerprint density at radius 2 is 2.27 bits per heavy atom. The van der Waals surface area contributed by atoms with Crippen LogP contribution in [0.4, 0.5) is 0 Å². The molecule has 0 aromatic carbocycles. The lowest BCUT2D eigenvalue weighted by Crippen LogP contribution is -2.28. The van der Waals surface area contributed by atoms with Crippen molar-refractivity contribution in [3.05, 3.63) is 24.0 Å². The van der Waals surface area contributed by atoms with Gasteiger partial charge in [-0.1, -0.05) is 12.2 Å². The largest absolute Gasteiger partial charge is 0.495 e. The zero-order valence-electron chi connectivity index (χ0n) is 6.40. The predicted molar refractivity (Wildman–Crippen MR) is 40.9 cm³/mol. The van der Waals surface area contributed by atoms with E-state index in [1.807, 2.05) is 6.92 Å². The van der Waals surface area contributed by atoms with Gasteiger partial charge in [-0.2, -0.15) is 0 Å². The van der Waals surface area contributed by atoms with Gasteiger partial charge < -0.3 is 14.9 Å². The van der Waals surface area contributed by atoms with E-state index in [2.05, 4.69) is 0 Å². The fraction of sp³-hybridized carbons (Fsp3) is 0.500. The van der Waals surface area contributed by atoms with Crippen molar-refractivity contribution < 1.29 is 14.9 Å². The van der Waals surface area contributed by atoms with Crippen molar-refractivity contribution in [3.8, 4) is 0 Å². The van der Waals surface area contributed by atoms with Crippen LogP contribution in [0, 0.1) is 0 Å². The van der Waals surface area contributed by atoms with Crippen molar-refractivity contribution in [2.45, 2.75) is 19.1 Å². The topological polar surface area (TPSA) is 49.7 Å². The van der Waals surface area contributed by atoms with Crippen molar-refractivity contribution in [2.75, 3.05) is 6.61 Å². The van der Waals surface area contributed by atoms with Gasteiger partial charge in [0.25, 0.3) is 0 Å². The molecule has 3 heteroatoms. The van der Waals surface area contributed by atoms with Crippen LogP contribution in [0.1, 0.15) is 6.92 Å². The van der Waals surface area contributed by atoms with E-state index in [1.165, 1.54) is 6.08 Å². The molecule has 0 saturated carbocycles. The molecule has 3 nitrogen and oxygen atoms in total. The van der Waals surface area contributed by atoms with Crippen LogP contribution in [0.5, 0.6) is 0 Å². The molecule has 1 aliphatic rings. The third-order valence-electron chi connectivity index (χ3n) is 1.49. The Balaban J connectivity index is 2.62. The highest BCUT2D eigenvalue weighted by Crippen LogP contribution is 2.14. The lowest BCUT2D eigenvalue weighted by molar-refractivity contribution is 0.0258. The van der Waals surface area contributed by atoms with Crippen LogP contribution in [-0.2, 0) is 4.74 Å². The summed E-state index contributed by atoms with van der Waals surface area (Å²) >= 11 is 0. The average molecular weight is 156 g/mol. The number of aliphatic hydroxyl groups excluding tert-OH is 2. The van der Waals surface area contributed by atoms with E-state index in [-0.39, 0.29) is 0 Å². The van der Waals surface area contributed by atoms with Gasteiger partial charge in [0.1, 0.15) is 18.0 Å². The van der Waals surface area contributed by atoms with Gasteiger partial charge in [-0.3, -0.25) is 0 Å². The van der Waals surface area contributed by atoms with Gasteiger partial charge in [-0.05, 0) is 13.0 Å². The standard InChI is InChI=1S/C8H12O3/c1-2-11-7-5-3-4-6(9)8(7)10/h3-6,8-10H,2H2,1H3/t6-,8-/m0/s1. The Labute approximate surface area is 65.6 Å². The highest BCUT2D eigenvalue weighted by Gasteiger charge is 2.21. The third-order valence-corrected chi connectivity index (χ3v) is 1.49. The van der Waals surface area contributed by atoms with Gasteiger partial charge in [0, 0.05) is 0 Å². The maximum Gasteiger partial charge on any atom is 0.140 e. The summed E-state index contributed by atoms with van der Waals surface area (Å²) in [6.45, 7) is 2.34. The molecule has 0 fully saturated rings. The summed E-state index contributed by atoms with van der Waals surface area (Å²) in [7, 11) is 0. The number of hydrogen-bond donors (Lipinski definition) is 2. The molecule has 11 heavy (non-hydrogen) atoms. The molecule has 1 rings (SSSR count). The van der Waals surface area contributed by atoms with Crippen molar-refractivity contribution in [2.24, 2.45) is 0 Å². The van der Waals surface area contributed by atoms with Gasteiger partial charge >= 0.3 is 0 Å². The average Bonchev–Trinajstić information content (AvgIpc) is 1.99. The quantitative estimate of drug-likeness (QED) is 0.600. The minimum absolute atomic E-state index is 0.433. The second-order valence-electron chi connectivity index (χ2n) is 2.32. The van der Waals surface area contributed by atoms with E-state index in [0.29, 0.717) is 12.4 Å². The first kappa shape index (κ1) is 8.30. The summed E-state index contributed by atoms with van der Waals surface area (Å²) in [5, 5.41) is 18.4. The molecule has 1 aliphatic carbocycles. The molecular formula is C8H12O3. The second kappa shape index (κ2) is 3.55. The Morgan fingerprint density at radius 3 is 2.91 bits per heavy atom. The smallest absolute Gasteiger partial charge is 0.140 e. The summed E-state index contributed by atoms with van der Waals surface area (Å²) < 4.78 is 5.07. The fourth-order valence-electron chi connectivity index (χ4n) is 0.937. The van der Waals surface area contributed by atoms with Crippen LogP contribution in [0.3, 0.4) is 0 Å². The summed E-state index contributed by atoms with van der Waals surface area (Å²) in [5.41, 5.74) is 0. The van der Waals surface area contributed by atoms with Crippen molar-refractivity contribution in [1.29, 1.82) is 0 Å². The van der Waals surface area contributed by atoms with Crippen molar-refractivity contribution in [3.63, 3.8) is 0 Å². The first-order chi connectivity index (χ1) is 5.25. The molecular weight excluding hydrogens is 144 g/mol. The van der Waals surface area contributed by atoms with Crippen LogP contribution in [0.2, 0.25) is 0 Å². The molecule has 0 aromatic rings. The first-order valence-corrected chi connectivity index (χ1v) is 3.63. The number of rotatable bonds is 2. The lowest BCUT2D eigenvalue weighted by atomic mass is 10.1. The summed E-state index contributed by atoms with van der Waals surface area (Å²) in [4.78, 5) is 0. The molecule has 0 bridgehead atoms. The highest BCUT2D eigenvalue weighted by atomic mass is 16.5. The van der Waals surface area contributed by atoms with E-state index in [1.54, 1.807) is 12.2 Å². The molecule has 0 heterocycles. The molecule has 2 atom stereocenters. The van der Waals surface area contributed by atoms with E-state index in [4.69, 9.17) is 9.84 Å². The van der Waals surface area contributed by atoms with Gasteiger partial charge in [-0.25, -0.2) is 0 Å². The number of hydrogen-bond acceptors (Lipinski definition) is 3. The Hall–Kier alpha value is -0.800. The SMILES string of the molecule is CCOC1=CC=C[C@H](O)[C@@H]1O. The van der Waals surface area contributed by atoms with E-state index >= 15 is 0 Å². The Morgan fingerprint density at radius 1 is 1.55 bits per heavy atom. The molecule has 62 valence electrons. The summed E-state index contributed by atoms with van der Waals surface area (Å²) in [5.74, 6) is 0.433. The Bertz CT molecular complexity index is 184. The molecule has 0 amide bonds. The van der Waals surface area contributed by atoms with E-state index in [0.717, 1.165) is 0 Å². The zero-order valence-corrected chi connectivity index (χ0v) is 6.40. The first-order valence-electron chi connectivity index (χ1n) is 3.63. The van der Waals surface area contributed by atoms with Crippen LogP contribution >= 0.6 is 0 Å². The third kappa shape index (κ3) is 1.82. The van der Waals surface area contributed by atoms with Gasteiger partial charge in [0.2, 0.25) is 0 Å². The number of allylic oxidation sites excluding steroid dienone is 2. The molecule has 0 aliphatic heterocycles. The molecule has 0 unspecified atom stereocenters. The monoisotopic (exact) mass is 156 g/mol. The Kier molecular flexibility index (Phi) is 2.68. The van der Waals surface area contributed by atoms with Crippen LogP contribution in [0.25, 0.3) is 0 Å². The van der Waals surface area contributed by atoms with Crippen molar-refractivity contribution in [1.82, 2.24) is 0 Å². The van der Waals surface area contributed by atoms with E-state index in [9.17, 15) is 5.11 Å². The summed E-state index contributed by atoms with van der Waals surface area (Å²) in [6, 6.07) is 0. The minimum Gasteiger partial charge on any atom is -0.495 e.